The first-order chi connectivity index (χ1) is 11.6. The van der Waals surface area contributed by atoms with Gasteiger partial charge in [0, 0.05) is 31.7 Å². The van der Waals surface area contributed by atoms with E-state index in [9.17, 15) is 4.79 Å². The average Bonchev–Trinajstić information content (AvgIpc) is 2.57. The molecule has 0 aromatic heterocycles. The van der Waals surface area contributed by atoms with Crippen LogP contribution in [0.2, 0.25) is 0 Å². The number of guanidine groups is 1. The van der Waals surface area contributed by atoms with Crippen molar-refractivity contribution in [2.24, 2.45) is 10.7 Å². The fraction of sp³-hybridized carbons (Fsp3) is 0.882. The van der Waals surface area contributed by atoms with E-state index in [0.29, 0.717) is 31.7 Å². The number of nitrogens with two attached hydrogens (primary N) is 1. The van der Waals surface area contributed by atoms with E-state index >= 15 is 0 Å². The summed E-state index contributed by atoms with van der Waals surface area (Å²) in [5, 5.41) is 3.29. The Morgan fingerprint density at radius 2 is 2.00 bits per heavy atom. The molecule has 0 spiro atoms. The Labute approximate surface area is 145 Å². The predicted octanol–water partition coefficient (Wildman–Crippen LogP) is 1.39. The summed E-state index contributed by atoms with van der Waals surface area (Å²) in [5.74, 6) is 0.522. The minimum absolute atomic E-state index is 0.215. The van der Waals surface area contributed by atoms with E-state index in [2.05, 4.69) is 22.1 Å². The van der Waals surface area contributed by atoms with Crippen molar-refractivity contribution in [1.82, 2.24) is 15.1 Å². The third kappa shape index (κ3) is 5.85. The van der Waals surface area contributed by atoms with Gasteiger partial charge >= 0.3 is 6.09 Å². The van der Waals surface area contributed by atoms with Gasteiger partial charge in [0.1, 0.15) is 0 Å². The Balaban J connectivity index is 1.65. The van der Waals surface area contributed by atoms with E-state index in [-0.39, 0.29) is 12.1 Å². The molecular weight excluding hydrogens is 306 g/mol. The van der Waals surface area contributed by atoms with Gasteiger partial charge in [-0.15, -0.1) is 0 Å². The van der Waals surface area contributed by atoms with Crippen LogP contribution in [-0.4, -0.2) is 73.3 Å². The Hall–Kier alpha value is -1.50. The highest BCUT2D eigenvalue weighted by Gasteiger charge is 2.23. The number of aliphatic imine (C=N–C) groups is 1. The zero-order valence-corrected chi connectivity index (χ0v) is 15.2. The van der Waals surface area contributed by atoms with Crippen molar-refractivity contribution in [2.45, 2.75) is 58.0 Å². The SMILES string of the molecule is CCOC(=O)N1CCC(NC(N)=NCCN2CCCCC2C)CC1. The van der Waals surface area contributed by atoms with E-state index in [0.717, 1.165) is 25.9 Å². The van der Waals surface area contributed by atoms with Crippen molar-refractivity contribution < 1.29 is 9.53 Å². The summed E-state index contributed by atoms with van der Waals surface area (Å²) in [6.45, 7) is 8.85. The normalized spacial score (nSPS) is 24.0. The number of rotatable bonds is 5. The van der Waals surface area contributed by atoms with Gasteiger partial charge in [0.15, 0.2) is 5.96 Å². The number of hydrogen-bond acceptors (Lipinski definition) is 4. The third-order valence-corrected chi connectivity index (χ3v) is 4.98. The maximum atomic E-state index is 11.7. The first kappa shape index (κ1) is 18.8. The van der Waals surface area contributed by atoms with Crippen molar-refractivity contribution in [3.8, 4) is 0 Å². The number of carbonyl (C=O) groups excluding carboxylic acids is 1. The molecule has 3 N–H and O–H groups in total. The van der Waals surface area contributed by atoms with Crippen LogP contribution in [0, 0.1) is 0 Å². The molecule has 7 heteroatoms. The maximum absolute atomic E-state index is 11.7. The topological polar surface area (TPSA) is 83.2 Å². The molecule has 2 heterocycles. The van der Waals surface area contributed by atoms with Gasteiger partial charge in [0.25, 0.3) is 0 Å². The first-order valence-electron chi connectivity index (χ1n) is 9.32. The highest BCUT2D eigenvalue weighted by atomic mass is 16.6. The molecule has 0 radical (unpaired) electrons. The third-order valence-electron chi connectivity index (χ3n) is 4.98. The number of hydrogen-bond donors (Lipinski definition) is 2. The van der Waals surface area contributed by atoms with Crippen molar-refractivity contribution in [3.63, 3.8) is 0 Å². The largest absolute Gasteiger partial charge is 0.450 e. The summed E-state index contributed by atoms with van der Waals surface area (Å²) in [7, 11) is 0. The van der Waals surface area contributed by atoms with E-state index in [4.69, 9.17) is 10.5 Å². The van der Waals surface area contributed by atoms with E-state index in [1.54, 1.807) is 4.90 Å². The highest BCUT2D eigenvalue weighted by Crippen LogP contribution is 2.15. The predicted molar refractivity (Wildman–Crippen MR) is 96.1 cm³/mol. The molecule has 138 valence electrons. The number of piperidine rings is 2. The number of likely N-dealkylation sites (tertiary alicyclic amines) is 2. The lowest BCUT2D eigenvalue weighted by Gasteiger charge is -2.33. The highest BCUT2D eigenvalue weighted by molar-refractivity contribution is 5.78. The molecule has 0 bridgehead atoms. The Kier molecular flexibility index (Phi) is 7.62. The summed E-state index contributed by atoms with van der Waals surface area (Å²) < 4.78 is 5.03. The molecule has 1 atom stereocenters. The zero-order valence-electron chi connectivity index (χ0n) is 15.2. The number of amides is 1. The van der Waals surface area contributed by atoms with Crippen LogP contribution < -0.4 is 11.1 Å². The fourth-order valence-corrected chi connectivity index (χ4v) is 3.46. The second kappa shape index (κ2) is 9.71. The van der Waals surface area contributed by atoms with Gasteiger partial charge in [-0.1, -0.05) is 6.42 Å². The van der Waals surface area contributed by atoms with Crippen LogP contribution in [0.5, 0.6) is 0 Å². The van der Waals surface area contributed by atoms with Gasteiger partial charge < -0.3 is 20.7 Å². The smallest absolute Gasteiger partial charge is 0.409 e. The number of nitrogens with one attached hydrogen (secondary N) is 1. The molecule has 1 amide bonds. The lowest BCUT2D eigenvalue weighted by Crippen LogP contribution is -2.48. The van der Waals surface area contributed by atoms with E-state index < -0.39 is 0 Å². The average molecular weight is 339 g/mol. The van der Waals surface area contributed by atoms with Crippen LogP contribution >= 0.6 is 0 Å². The van der Waals surface area contributed by atoms with Gasteiger partial charge in [0.2, 0.25) is 0 Å². The van der Waals surface area contributed by atoms with Crippen LogP contribution in [0.25, 0.3) is 0 Å². The molecule has 2 rings (SSSR count). The Morgan fingerprint density at radius 3 is 2.67 bits per heavy atom. The van der Waals surface area contributed by atoms with Crippen molar-refractivity contribution >= 4 is 12.1 Å². The fourth-order valence-electron chi connectivity index (χ4n) is 3.46. The summed E-state index contributed by atoms with van der Waals surface area (Å²) in [4.78, 5) is 20.4. The van der Waals surface area contributed by atoms with Crippen LogP contribution in [0.4, 0.5) is 4.79 Å². The van der Waals surface area contributed by atoms with Gasteiger partial charge in [-0.25, -0.2) is 4.79 Å². The first-order valence-corrected chi connectivity index (χ1v) is 9.32. The molecular formula is C17H33N5O2. The van der Waals surface area contributed by atoms with Crippen LogP contribution in [0.3, 0.4) is 0 Å². The molecule has 2 aliphatic heterocycles. The summed E-state index contributed by atoms with van der Waals surface area (Å²) in [6, 6.07) is 0.948. The summed E-state index contributed by atoms with van der Waals surface area (Å²) >= 11 is 0. The summed E-state index contributed by atoms with van der Waals surface area (Å²) in [5.41, 5.74) is 6.01. The molecule has 24 heavy (non-hydrogen) atoms. The number of nitrogens with zero attached hydrogens (tertiary/aromatic N) is 3. The number of carbonyl (C=O) groups is 1. The number of ether oxygens (including phenoxy) is 1. The second-order valence-electron chi connectivity index (χ2n) is 6.75. The molecule has 0 saturated carbocycles. The lowest BCUT2D eigenvalue weighted by atomic mass is 10.0. The molecule has 7 nitrogen and oxygen atoms in total. The van der Waals surface area contributed by atoms with Crippen LogP contribution in [0.1, 0.15) is 46.0 Å². The molecule has 2 fully saturated rings. The van der Waals surface area contributed by atoms with Crippen molar-refractivity contribution in [1.29, 1.82) is 0 Å². The van der Waals surface area contributed by atoms with E-state index in [1.165, 1.54) is 25.8 Å². The van der Waals surface area contributed by atoms with Crippen molar-refractivity contribution in [3.05, 3.63) is 0 Å². The minimum atomic E-state index is -0.215. The molecule has 0 aromatic carbocycles. The molecule has 0 aliphatic carbocycles. The minimum Gasteiger partial charge on any atom is -0.450 e. The van der Waals surface area contributed by atoms with Crippen LogP contribution in [-0.2, 0) is 4.74 Å². The van der Waals surface area contributed by atoms with Gasteiger partial charge in [0.05, 0.1) is 13.2 Å². The van der Waals surface area contributed by atoms with Gasteiger partial charge in [-0.2, -0.15) is 0 Å². The molecule has 2 saturated heterocycles. The monoisotopic (exact) mass is 339 g/mol. The van der Waals surface area contributed by atoms with Gasteiger partial charge in [-0.05, 0) is 46.1 Å². The van der Waals surface area contributed by atoms with Crippen LogP contribution in [0.15, 0.2) is 4.99 Å². The maximum Gasteiger partial charge on any atom is 0.409 e. The van der Waals surface area contributed by atoms with Crippen molar-refractivity contribution in [2.75, 3.05) is 39.3 Å². The molecule has 2 aliphatic rings. The molecule has 0 aromatic rings. The lowest BCUT2D eigenvalue weighted by molar-refractivity contribution is 0.0963. The van der Waals surface area contributed by atoms with E-state index in [1.807, 2.05) is 6.92 Å². The second-order valence-corrected chi connectivity index (χ2v) is 6.75. The standard InChI is InChI=1S/C17H33N5O2/c1-3-24-17(23)22-11-7-15(8-12-22)20-16(18)19-9-13-21-10-5-4-6-14(21)2/h14-15H,3-13H2,1-2H3,(H3,18,19,20). The zero-order chi connectivity index (χ0) is 17.4. The Bertz CT molecular complexity index is 421. The Morgan fingerprint density at radius 1 is 1.25 bits per heavy atom. The molecule has 1 unspecified atom stereocenters. The summed E-state index contributed by atoms with van der Waals surface area (Å²) in [6.07, 6.45) is 5.45. The van der Waals surface area contributed by atoms with Gasteiger partial charge in [-0.3, -0.25) is 9.89 Å². The quantitative estimate of drug-likeness (QED) is 0.584.